The van der Waals surface area contributed by atoms with E-state index in [1.54, 1.807) is 0 Å². The Bertz CT molecular complexity index is 408. The van der Waals surface area contributed by atoms with Gasteiger partial charge in [0.15, 0.2) is 0 Å². The Balaban J connectivity index is 3.79. The standard InChI is InChI=1S/C22H38O5/c1-4-7-8-9-10-11-12-13-14-15-16-17-18-19-22(25,26-20(23)5-2)27-21(24)6-3/h5-6,25H,2-4,7-19H2,1H3. The monoisotopic (exact) mass is 382 g/mol. The van der Waals surface area contributed by atoms with E-state index in [0.717, 1.165) is 31.4 Å². The molecule has 5 nitrogen and oxygen atoms in total. The Morgan fingerprint density at radius 3 is 1.41 bits per heavy atom. The number of hydrogen-bond acceptors (Lipinski definition) is 5. The lowest BCUT2D eigenvalue weighted by molar-refractivity contribution is -0.324. The summed E-state index contributed by atoms with van der Waals surface area (Å²) in [7, 11) is 0. The molecule has 0 atom stereocenters. The molecular formula is C22H38O5. The maximum atomic E-state index is 11.3. The van der Waals surface area contributed by atoms with Crippen LogP contribution >= 0.6 is 0 Å². The van der Waals surface area contributed by atoms with E-state index in [1.165, 1.54) is 57.8 Å². The molecule has 0 heterocycles. The summed E-state index contributed by atoms with van der Waals surface area (Å²) in [6, 6.07) is 0. The molecule has 0 rings (SSSR count). The number of carbonyl (C=O) groups excluding carboxylic acids is 2. The Labute approximate surface area is 164 Å². The first-order valence-electron chi connectivity index (χ1n) is 10.4. The molecule has 0 unspecified atom stereocenters. The average Bonchev–Trinajstić information content (AvgIpc) is 2.65. The first-order valence-corrected chi connectivity index (χ1v) is 10.4. The van der Waals surface area contributed by atoms with E-state index >= 15 is 0 Å². The van der Waals surface area contributed by atoms with E-state index in [2.05, 4.69) is 20.1 Å². The van der Waals surface area contributed by atoms with Crippen LogP contribution in [0.1, 0.15) is 96.8 Å². The molecule has 1 N–H and O–H groups in total. The fourth-order valence-corrected chi connectivity index (χ4v) is 2.89. The number of rotatable bonds is 18. The second kappa shape index (κ2) is 16.5. The first-order chi connectivity index (χ1) is 13.0. The molecule has 0 spiro atoms. The van der Waals surface area contributed by atoms with Crippen molar-refractivity contribution < 1.29 is 24.2 Å². The van der Waals surface area contributed by atoms with Gasteiger partial charge in [0.05, 0.1) is 6.42 Å². The van der Waals surface area contributed by atoms with Crippen molar-refractivity contribution in [3.8, 4) is 0 Å². The lowest BCUT2D eigenvalue weighted by Gasteiger charge is -2.25. The molecule has 0 aromatic rings. The van der Waals surface area contributed by atoms with E-state index in [0.29, 0.717) is 6.42 Å². The van der Waals surface area contributed by atoms with Gasteiger partial charge in [-0.15, -0.1) is 0 Å². The highest BCUT2D eigenvalue weighted by atomic mass is 16.8. The first kappa shape index (κ1) is 25.4. The molecule has 0 radical (unpaired) electrons. The van der Waals surface area contributed by atoms with Gasteiger partial charge in [0.1, 0.15) is 0 Å². The van der Waals surface area contributed by atoms with Crippen LogP contribution in [-0.2, 0) is 19.1 Å². The van der Waals surface area contributed by atoms with Gasteiger partial charge >= 0.3 is 17.9 Å². The Kier molecular flexibility index (Phi) is 15.6. The van der Waals surface area contributed by atoms with Crippen molar-refractivity contribution in [3.05, 3.63) is 25.3 Å². The number of ether oxygens (including phenoxy) is 2. The zero-order valence-corrected chi connectivity index (χ0v) is 17.0. The molecule has 0 aliphatic carbocycles. The van der Waals surface area contributed by atoms with Gasteiger partial charge in [-0.1, -0.05) is 97.1 Å². The predicted molar refractivity (Wildman–Crippen MR) is 108 cm³/mol. The molecule has 27 heavy (non-hydrogen) atoms. The number of aliphatic hydroxyl groups is 1. The van der Waals surface area contributed by atoms with Gasteiger partial charge in [0.25, 0.3) is 0 Å². The van der Waals surface area contributed by atoms with Gasteiger partial charge in [-0.3, -0.25) is 0 Å². The van der Waals surface area contributed by atoms with E-state index in [4.69, 9.17) is 9.47 Å². The minimum atomic E-state index is -2.26. The van der Waals surface area contributed by atoms with Crippen LogP contribution in [0.25, 0.3) is 0 Å². The Morgan fingerprint density at radius 2 is 1.07 bits per heavy atom. The maximum absolute atomic E-state index is 11.3. The van der Waals surface area contributed by atoms with Crippen LogP contribution in [0.5, 0.6) is 0 Å². The van der Waals surface area contributed by atoms with Gasteiger partial charge in [-0.25, -0.2) is 9.59 Å². The lowest BCUT2D eigenvalue weighted by atomic mass is 10.0. The number of unbranched alkanes of at least 4 members (excludes halogenated alkanes) is 12. The maximum Gasteiger partial charge on any atom is 0.373 e. The molecule has 0 fully saturated rings. The fourth-order valence-electron chi connectivity index (χ4n) is 2.89. The molecule has 0 amide bonds. The molecule has 5 heteroatoms. The smallest absolute Gasteiger partial charge is 0.373 e. The molecule has 0 saturated carbocycles. The molecule has 0 aromatic heterocycles. The topological polar surface area (TPSA) is 72.8 Å². The average molecular weight is 383 g/mol. The van der Waals surface area contributed by atoms with Crippen molar-refractivity contribution in [3.63, 3.8) is 0 Å². The zero-order chi connectivity index (χ0) is 20.4. The third-order valence-corrected chi connectivity index (χ3v) is 4.45. The van der Waals surface area contributed by atoms with Crippen LogP contribution in [0.2, 0.25) is 0 Å². The molecule has 0 saturated heterocycles. The van der Waals surface area contributed by atoms with Gasteiger partial charge in [-0.05, 0) is 6.42 Å². The molecule has 0 aromatic carbocycles. The third-order valence-electron chi connectivity index (χ3n) is 4.45. The van der Waals surface area contributed by atoms with Crippen LogP contribution in [0.3, 0.4) is 0 Å². The van der Waals surface area contributed by atoms with E-state index in [9.17, 15) is 14.7 Å². The third kappa shape index (κ3) is 15.2. The Hall–Kier alpha value is -1.62. The van der Waals surface area contributed by atoms with Crippen LogP contribution in [0.15, 0.2) is 25.3 Å². The van der Waals surface area contributed by atoms with Crippen molar-refractivity contribution >= 4 is 11.9 Å². The van der Waals surface area contributed by atoms with Crippen LogP contribution in [0, 0.1) is 0 Å². The van der Waals surface area contributed by atoms with Gasteiger partial charge in [0, 0.05) is 12.2 Å². The van der Waals surface area contributed by atoms with Crippen LogP contribution in [-0.4, -0.2) is 23.0 Å². The van der Waals surface area contributed by atoms with Crippen molar-refractivity contribution in [1.29, 1.82) is 0 Å². The molecular weight excluding hydrogens is 344 g/mol. The summed E-state index contributed by atoms with van der Waals surface area (Å²) in [4.78, 5) is 22.6. The summed E-state index contributed by atoms with van der Waals surface area (Å²) >= 11 is 0. The summed E-state index contributed by atoms with van der Waals surface area (Å²) < 4.78 is 9.55. The van der Waals surface area contributed by atoms with Crippen molar-refractivity contribution in [2.24, 2.45) is 0 Å². The Morgan fingerprint density at radius 1 is 0.741 bits per heavy atom. The summed E-state index contributed by atoms with van der Waals surface area (Å²) in [5.74, 6) is -3.94. The highest BCUT2D eigenvalue weighted by molar-refractivity contribution is 5.83. The molecule has 156 valence electrons. The summed E-state index contributed by atoms with van der Waals surface area (Å²) in [6.45, 7) is 8.77. The summed E-state index contributed by atoms with van der Waals surface area (Å²) in [5.41, 5.74) is 0. The van der Waals surface area contributed by atoms with Gasteiger partial charge < -0.3 is 14.6 Å². The normalized spacial score (nSPS) is 11.0. The van der Waals surface area contributed by atoms with E-state index in [1.807, 2.05) is 0 Å². The second-order valence-corrected chi connectivity index (χ2v) is 6.96. The van der Waals surface area contributed by atoms with Crippen LogP contribution < -0.4 is 0 Å². The number of hydrogen-bond donors (Lipinski definition) is 1. The highest BCUT2D eigenvalue weighted by Crippen LogP contribution is 2.21. The summed E-state index contributed by atoms with van der Waals surface area (Å²) in [6.07, 6.45) is 17.4. The van der Waals surface area contributed by atoms with Crippen molar-refractivity contribution in [2.75, 3.05) is 0 Å². The summed E-state index contributed by atoms with van der Waals surface area (Å²) in [5, 5.41) is 10.2. The second-order valence-electron chi connectivity index (χ2n) is 6.96. The van der Waals surface area contributed by atoms with Gasteiger partial charge in [0.2, 0.25) is 0 Å². The minimum Gasteiger partial charge on any atom is -0.395 e. The lowest BCUT2D eigenvalue weighted by Crippen LogP contribution is -2.39. The van der Waals surface area contributed by atoms with E-state index < -0.39 is 17.9 Å². The van der Waals surface area contributed by atoms with E-state index in [-0.39, 0.29) is 6.42 Å². The quantitative estimate of drug-likeness (QED) is 0.145. The van der Waals surface area contributed by atoms with Crippen LogP contribution in [0.4, 0.5) is 0 Å². The largest absolute Gasteiger partial charge is 0.395 e. The fraction of sp³-hybridized carbons (Fsp3) is 0.727. The molecule has 0 bridgehead atoms. The van der Waals surface area contributed by atoms with Crippen molar-refractivity contribution in [2.45, 2.75) is 103 Å². The zero-order valence-electron chi connectivity index (χ0n) is 17.0. The van der Waals surface area contributed by atoms with Gasteiger partial charge in [-0.2, -0.15) is 0 Å². The molecule has 0 aliphatic rings. The highest BCUT2D eigenvalue weighted by Gasteiger charge is 2.34. The SMILES string of the molecule is C=CC(=O)OC(O)(CCCCCCCCCCCCCCC)OC(=O)C=C. The number of carbonyl (C=O) groups is 2. The number of esters is 2. The predicted octanol–water partition coefficient (Wildman–Crippen LogP) is 5.57. The molecule has 0 aliphatic heterocycles. The minimum absolute atomic E-state index is 0.0317. The van der Waals surface area contributed by atoms with Crippen molar-refractivity contribution in [1.82, 2.24) is 0 Å².